The van der Waals surface area contributed by atoms with Gasteiger partial charge in [-0.2, -0.15) is 0 Å². The van der Waals surface area contributed by atoms with Gasteiger partial charge in [0.05, 0.1) is 5.69 Å². The van der Waals surface area contributed by atoms with Gasteiger partial charge in [-0.25, -0.2) is 0 Å². The van der Waals surface area contributed by atoms with Crippen LogP contribution in [0.15, 0.2) is 66.7 Å². The summed E-state index contributed by atoms with van der Waals surface area (Å²) in [6, 6.07) is 17.1. The normalized spacial score (nSPS) is 17.0. The summed E-state index contributed by atoms with van der Waals surface area (Å²) in [6.07, 6.45) is 6.91. The van der Waals surface area contributed by atoms with Gasteiger partial charge < -0.3 is 10.1 Å². The summed E-state index contributed by atoms with van der Waals surface area (Å²) in [5.41, 5.74) is 0.714. The van der Waals surface area contributed by atoms with Gasteiger partial charge in [0.2, 0.25) is 5.91 Å². The van der Waals surface area contributed by atoms with Gasteiger partial charge in [-0.05, 0) is 43.5 Å². The van der Waals surface area contributed by atoms with Gasteiger partial charge in [0, 0.05) is 5.92 Å². The number of para-hydroxylation sites is 3. The van der Waals surface area contributed by atoms with Crippen LogP contribution in [-0.2, 0) is 4.79 Å². The van der Waals surface area contributed by atoms with Gasteiger partial charge in [-0.3, -0.25) is 4.79 Å². The molecule has 3 heteroatoms. The van der Waals surface area contributed by atoms with Crippen LogP contribution in [0.2, 0.25) is 0 Å². The van der Waals surface area contributed by atoms with Crippen molar-refractivity contribution in [3.8, 4) is 11.5 Å². The number of carbonyl (C=O) groups is 1. The molecule has 0 aromatic heterocycles. The number of benzene rings is 2. The molecule has 1 N–H and O–H groups in total. The third-order valence-corrected chi connectivity index (χ3v) is 3.76. The second kappa shape index (κ2) is 6.94. The molecule has 1 unspecified atom stereocenters. The van der Waals surface area contributed by atoms with Crippen molar-refractivity contribution in [1.29, 1.82) is 0 Å². The molecule has 1 aliphatic carbocycles. The number of allylic oxidation sites excluding steroid dienone is 2. The number of nitrogens with one attached hydrogen (secondary N) is 1. The van der Waals surface area contributed by atoms with Gasteiger partial charge in [-0.1, -0.05) is 42.5 Å². The number of hydrogen-bond donors (Lipinski definition) is 1. The van der Waals surface area contributed by atoms with Gasteiger partial charge in [0.15, 0.2) is 5.75 Å². The summed E-state index contributed by atoms with van der Waals surface area (Å²) in [7, 11) is 0. The highest BCUT2D eigenvalue weighted by atomic mass is 16.5. The molecular weight excluding hydrogens is 274 g/mol. The lowest BCUT2D eigenvalue weighted by Gasteiger charge is -2.18. The first kappa shape index (κ1) is 14.4. The molecule has 0 radical (unpaired) electrons. The summed E-state index contributed by atoms with van der Waals surface area (Å²) in [5, 5.41) is 3.00. The summed E-state index contributed by atoms with van der Waals surface area (Å²) in [5.74, 6) is 1.53. The molecule has 0 spiro atoms. The van der Waals surface area contributed by atoms with Crippen molar-refractivity contribution in [2.24, 2.45) is 5.92 Å². The van der Waals surface area contributed by atoms with Crippen LogP contribution < -0.4 is 10.1 Å². The smallest absolute Gasteiger partial charge is 0.227 e. The molecule has 3 rings (SSSR count). The van der Waals surface area contributed by atoms with Crippen LogP contribution in [0.3, 0.4) is 0 Å². The summed E-state index contributed by atoms with van der Waals surface area (Å²) >= 11 is 0. The van der Waals surface area contributed by atoms with Crippen LogP contribution in [-0.4, -0.2) is 5.91 Å². The van der Waals surface area contributed by atoms with E-state index in [1.165, 1.54) is 0 Å². The molecule has 22 heavy (non-hydrogen) atoms. The summed E-state index contributed by atoms with van der Waals surface area (Å²) in [4.78, 5) is 12.4. The monoisotopic (exact) mass is 293 g/mol. The van der Waals surface area contributed by atoms with Crippen LogP contribution in [0, 0.1) is 5.92 Å². The van der Waals surface area contributed by atoms with Crippen molar-refractivity contribution in [3.63, 3.8) is 0 Å². The molecule has 3 nitrogen and oxygen atoms in total. The Balaban J connectivity index is 1.73. The molecule has 1 atom stereocenters. The van der Waals surface area contributed by atoms with E-state index in [0.29, 0.717) is 11.4 Å². The first-order valence-corrected chi connectivity index (χ1v) is 7.61. The maximum atomic E-state index is 12.4. The molecule has 1 amide bonds. The number of rotatable bonds is 4. The summed E-state index contributed by atoms with van der Waals surface area (Å²) < 4.78 is 5.87. The zero-order chi connectivity index (χ0) is 15.2. The Labute approximate surface area is 130 Å². The molecule has 0 saturated heterocycles. The zero-order valence-corrected chi connectivity index (χ0v) is 12.4. The van der Waals surface area contributed by atoms with Crippen LogP contribution in [0.5, 0.6) is 11.5 Å². The minimum absolute atomic E-state index is 0.0507. The van der Waals surface area contributed by atoms with Crippen molar-refractivity contribution in [1.82, 2.24) is 0 Å². The van der Waals surface area contributed by atoms with Crippen molar-refractivity contribution in [2.75, 3.05) is 5.32 Å². The van der Waals surface area contributed by atoms with Crippen LogP contribution in [0.1, 0.15) is 19.3 Å². The van der Waals surface area contributed by atoms with E-state index in [2.05, 4.69) is 17.5 Å². The average Bonchev–Trinajstić information content (AvgIpc) is 2.58. The standard InChI is InChI=1S/C19H19NO2/c21-19(15-9-3-1-4-10-15)20-17-13-7-8-14-18(17)22-16-11-5-2-6-12-16/h1-3,5-8,11-15H,4,9-10H2,(H,20,21). The van der Waals surface area contributed by atoms with Gasteiger partial charge >= 0.3 is 0 Å². The quantitative estimate of drug-likeness (QED) is 0.824. The van der Waals surface area contributed by atoms with Gasteiger partial charge in [0.25, 0.3) is 0 Å². The Kier molecular flexibility index (Phi) is 4.54. The number of anilines is 1. The average molecular weight is 293 g/mol. The fourth-order valence-electron chi connectivity index (χ4n) is 2.54. The topological polar surface area (TPSA) is 38.3 Å². The fraction of sp³-hybridized carbons (Fsp3) is 0.211. The molecule has 0 aliphatic heterocycles. The fourth-order valence-corrected chi connectivity index (χ4v) is 2.54. The molecule has 0 fully saturated rings. The number of ether oxygens (including phenoxy) is 1. The Morgan fingerprint density at radius 2 is 1.77 bits per heavy atom. The Bertz CT molecular complexity index is 664. The predicted octanol–water partition coefficient (Wildman–Crippen LogP) is 4.77. The predicted molar refractivity (Wildman–Crippen MR) is 88.1 cm³/mol. The molecule has 0 saturated carbocycles. The van der Waals surface area contributed by atoms with Gasteiger partial charge in [-0.15, -0.1) is 0 Å². The lowest BCUT2D eigenvalue weighted by molar-refractivity contribution is -0.120. The van der Waals surface area contributed by atoms with E-state index < -0.39 is 0 Å². The van der Waals surface area contributed by atoms with Gasteiger partial charge in [0.1, 0.15) is 5.75 Å². The van der Waals surface area contributed by atoms with Crippen molar-refractivity contribution in [3.05, 3.63) is 66.7 Å². The number of hydrogen-bond acceptors (Lipinski definition) is 2. The van der Waals surface area contributed by atoms with E-state index in [0.717, 1.165) is 25.0 Å². The first-order valence-electron chi connectivity index (χ1n) is 7.61. The molecule has 0 heterocycles. The van der Waals surface area contributed by atoms with Crippen molar-refractivity contribution >= 4 is 11.6 Å². The highest BCUT2D eigenvalue weighted by Gasteiger charge is 2.19. The van der Waals surface area contributed by atoms with Crippen LogP contribution in [0.4, 0.5) is 5.69 Å². The third-order valence-electron chi connectivity index (χ3n) is 3.76. The minimum atomic E-state index is 0.0507. The largest absolute Gasteiger partial charge is 0.455 e. The Hall–Kier alpha value is -2.55. The van der Waals surface area contributed by atoms with Crippen molar-refractivity contribution in [2.45, 2.75) is 19.3 Å². The second-order valence-corrected chi connectivity index (χ2v) is 5.38. The SMILES string of the molecule is O=C(Nc1ccccc1Oc1ccccc1)C1CC=CCC1. The first-order chi connectivity index (χ1) is 10.8. The Morgan fingerprint density at radius 1 is 1.00 bits per heavy atom. The van der Waals surface area contributed by atoms with E-state index in [9.17, 15) is 4.79 Å². The highest BCUT2D eigenvalue weighted by molar-refractivity contribution is 5.94. The maximum absolute atomic E-state index is 12.4. The molecule has 1 aliphatic rings. The van der Waals surface area contributed by atoms with E-state index in [-0.39, 0.29) is 11.8 Å². The second-order valence-electron chi connectivity index (χ2n) is 5.38. The third kappa shape index (κ3) is 3.55. The molecule has 112 valence electrons. The van der Waals surface area contributed by atoms with Crippen LogP contribution >= 0.6 is 0 Å². The summed E-state index contributed by atoms with van der Waals surface area (Å²) in [6.45, 7) is 0. The Morgan fingerprint density at radius 3 is 2.55 bits per heavy atom. The lowest BCUT2D eigenvalue weighted by atomic mass is 9.93. The molecular formula is C19H19NO2. The van der Waals surface area contributed by atoms with E-state index in [4.69, 9.17) is 4.74 Å². The number of amides is 1. The highest BCUT2D eigenvalue weighted by Crippen LogP contribution is 2.30. The molecule has 2 aromatic carbocycles. The molecule has 2 aromatic rings. The lowest BCUT2D eigenvalue weighted by Crippen LogP contribution is -2.23. The van der Waals surface area contributed by atoms with Crippen LogP contribution in [0.25, 0.3) is 0 Å². The van der Waals surface area contributed by atoms with E-state index in [1.54, 1.807) is 0 Å². The maximum Gasteiger partial charge on any atom is 0.227 e. The molecule has 0 bridgehead atoms. The minimum Gasteiger partial charge on any atom is -0.455 e. The zero-order valence-electron chi connectivity index (χ0n) is 12.4. The number of carbonyl (C=O) groups excluding carboxylic acids is 1. The van der Waals surface area contributed by atoms with Crippen molar-refractivity contribution < 1.29 is 9.53 Å². The van der Waals surface area contributed by atoms with E-state index in [1.807, 2.05) is 54.6 Å². The van der Waals surface area contributed by atoms with E-state index >= 15 is 0 Å².